The number of rotatable bonds is 10. The van der Waals surface area contributed by atoms with Gasteiger partial charge in [-0.1, -0.05) is 20.8 Å². The van der Waals surface area contributed by atoms with E-state index in [1.165, 1.54) is 0 Å². The summed E-state index contributed by atoms with van der Waals surface area (Å²) in [6, 6.07) is 0.496. The molecule has 0 amide bonds. The van der Waals surface area contributed by atoms with Crippen LogP contribution in [-0.2, 0) is 10.0 Å². The minimum Gasteiger partial charge on any atom is -0.315 e. The molecule has 0 aromatic rings. The zero-order valence-electron chi connectivity index (χ0n) is 12.5. The van der Waals surface area contributed by atoms with Crippen LogP contribution in [0.15, 0.2) is 0 Å². The summed E-state index contributed by atoms with van der Waals surface area (Å²) in [6.07, 6.45) is 2.99. The fourth-order valence-corrected chi connectivity index (χ4v) is 3.67. The molecule has 6 heteroatoms. The second-order valence-corrected chi connectivity index (χ2v) is 7.68. The quantitative estimate of drug-likeness (QED) is 0.584. The lowest BCUT2D eigenvalue weighted by Crippen LogP contribution is -2.57. The minimum atomic E-state index is -3.09. The van der Waals surface area contributed by atoms with Crippen LogP contribution in [0.1, 0.15) is 40.0 Å². The van der Waals surface area contributed by atoms with E-state index < -0.39 is 10.0 Å². The molecular formula is C13H29N3O2S. The summed E-state index contributed by atoms with van der Waals surface area (Å²) in [6.45, 7) is 10.2. The second kappa shape index (κ2) is 8.19. The molecule has 1 fully saturated rings. The Hall–Kier alpha value is -0.170. The molecule has 0 aromatic heterocycles. The maximum atomic E-state index is 12.0. The average Bonchev–Trinajstić information content (AvgIpc) is 2.27. The molecule has 0 saturated carbocycles. The molecule has 1 rings (SSSR count). The first kappa shape index (κ1) is 16.9. The van der Waals surface area contributed by atoms with Crippen molar-refractivity contribution in [2.45, 2.75) is 51.3 Å². The third-order valence-electron chi connectivity index (χ3n) is 3.36. The SMILES string of the molecule is CCCN1CC(S(=O)(=O)NCCCCNC(C)C)C1. The van der Waals surface area contributed by atoms with Crippen LogP contribution < -0.4 is 10.0 Å². The van der Waals surface area contributed by atoms with Crippen molar-refractivity contribution in [1.82, 2.24) is 14.9 Å². The summed E-state index contributed by atoms with van der Waals surface area (Å²) in [4.78, 5) is 2.19. The first-order chi connectivity index (χ1) is 8.95. The Bertz CT molecular complexity index is 338. The van der Waals surface area contributed by atoms with Crippen LogP contribution in [0.3, 0.4) is 0 Å². The maximum absolute atomic E-state index is 12.0. The van der Waals surface area contributed by atoms with Gasteiger partial charge in [-0.2, -0.15) is 0 Å². The van der Waals surface area contributed by atoms with Gasteiger partial charge in [-0.05, 0) is 32.4 Å². The van der Waals surface area contributed by atoms with E-state index in [1.54, 1.807) is 0 Å². The van der Waals surface area contributed by atoms with Crippen molar-refractivity contribution >= 4 is 10.0 Å². The molecule has 2 N–H and O–H groups in total. The van der Waals surface area contributed by atoms with Gasteiger partial charge in [-0.3, -0.25) is 0 Å². The molecule has 0 bridgehead atoms. The van der Waals surface area contributed by atoms with Crippen LogP contribution >= 0.6 is 0 Å². The number of nitrogens with one attached hydrogen (secondary N) is 2. The van der Waals surface area contributed by atoms with Crippen molar-refractivity contribution in [2.24, 2.45) is 0 Å². The minimum absolute atomic E-state index is 0.201. The summed E-state index contributed by atoms with van der Waals surface area (Å²) in [5.41, 5.74) is 0. The zero-order valence-corrected chi connectivity index (χ0v) is 13.3. The van der Waals surface area contributed by atoms with Gasteiger partial charge in [0.1, 0.15) is 5.25 Å². The first-order valence-corrected chi connectivity index (χ1v) is 8.94. The highest BCUT2D eigenvalue weighted by Gasteiger charge is 2.36. The van der Waals surface area contributed by atoms with E-state index in [4.69, 9.17) is 0 Å². The number of hydrogen-bond donors (Lipinski definition) is 2. The first-order valence-electron chi connectivity index (χ1n) is 7.40. The third-order valence-corrected chi connectivity index (χ3v) is 5.14. The predicted molar refractivity (Wildman–Crippen MR) is 79.8 cm³/mol. The van der Waals surface area contributed by atoms with Gasteiger partial charge in [-0.25, -0.2) is 13.1 Å². The Morgan fingerprint density at radius 2 is 1.84 bits per heavy atom. The lowest BCUT2D eigenvalue weighted by Gasteiger charge is -2.38. The monoisotopic (exact) mass is 291 g/mol. The lowest BCUT2D eigenvalue weighted by molar-refractivity contribution is 0.184. The molecule has 1 saturated heterocycles. The third kappa shape index (κ3) is 6.21. The molecule has 114 valence electrons. The van der Waals surface area contributed by atoms with Crippen molar-refractivity contribution in [1.29, 1.82) is 0 Å². The van der Waals surface area contributed by atoms with Crippen molar-refractivity contribution in [3.8, 4) is 0 Å². The topological polar surface area (TPSA) is 61.4 Å². The molecule has 0 aliphatic carbocycles. The predicted octanol–water partition coefficient (Wildman–Crippen LogP) is 0.778. The Labute approximate surface area is 118 Å². The van der Waals surface area contributed by atoms with Crippen molar-refractivity contribution < 1.29 is 8.42 Å². The van der Waals surface area contributed by atoms with Crippen LogP contribution in [0, 0.1) is 0 Å². The number of sulfonamides is 1. The molecule has 19 heavy (non-hydrogen) atoms. The Kier molecular flexibility index (Phi) is 7.28. The molecule has 0 aromatic carbocycles. The average molecular weight is 291 g/mol. The maximum Gasteiger partial charge on any atom is 0.217 e. The molecule has 0 radical (unpaired) electrons. The van der Waals surface area contributed by atoms with Crippen LogP contribution in [0.2, 0.25) is 0 Å². The summed E-state index contributed by atoms with van der Waals surface area (Å²) in [5.74, 6) is 0. The van der Waals surface area contributed by atoms with Gasteiger partial charge in [0.15, 0.2) is 0 Å². The summed E-state index contributed by atoms with van der Waals surface area (Å²) in [7, 11) is -3.09. The van der Waals surface area contributed by atoms with E-state index in [1.807, 2.05) is 0 Å². The van der Waals surface area contributed by atoms with E-state index in [0.29, 0.717) is 25.7 Å². The summed E-state index contributed by atoms with van der Waals surface area (Å²) >= 11 is 0. The molecule has 5 nitrogen and oxygen atoms in total. The highest BCUT2D eigenvalue weighted by atomic mass is 32.2. The van der Waals surface area contributed by atoms with Crippen LogP contribution in [-0.4, -0.2) is 57.3 Å². The number of unbranched alkanes of at least 4 members (excludes halogenated alkanes) is 1. The van der Waals surface area contributed by atoms with Crippen molar-refractivity contribution in [3.63, 3.8) is 0 Å². The van der Waals surface area contributed by atoms with E-state index in [0.717, 1.165) is 32.4 Å². The number of hydrogen-bond acceptors (Lipinski definition) is 4. The summed E-state index contributed by atoms with van der Waals surface area (Å²) in [5, 5.41) is 3.12. The molecule has 0 spiro atoms. The Morgan fingerprint density at radius 1 is 1.21 bits per heavy atom. The highest BCUT2D eigenvalue weighted by Crippen LogP contribution is 2.15. The van der Waals surface area contributed by atoms with Gasteiger partial charge in [0, 0.05) is 25.7 Å². The van der Waals surface area contributed by atoms with Gasteiger partial charge >= 0.3 is 0 Å². The molecule has 0 atom stereocenters. The normalized spacial score (nSPS) is 17.9. The van der Waals surface area contributed by atoms with Gasteiger partial charge in [0.2, 0.25) is 10.0 Å². The fourth-order valence-electron chi connectivity index (χ4n) is 2.19. The molecule has 1 heterocycles. The Balaban J connectivity index is 2.08. The van der Waals surface area contributed by atoms with Crippen LogP contribution in [0.25, 0.3) is 0 Å². The smallest absolute Gasteiger partial charge is 0.217 e. The van der Waals surface area contributed by atoms with Gasteiger partial charge in [0.05, 0.1) is 0 Å². The van der Waals surface area contributed by atoms with Crippen LogP contribution in [0.4, 0.5) is 0 Å². The standard InChI is InChI=1S/C13H29N3O2S/c1-4-9-16-10-13(11-16)19(17,18)15-8-6-5-7-14-12(2)3/h12-15H,4-11H2,1-3H3. The number of likely N-dealkylation sites (tertiary alicyclic amines) is 1. The molecule has 0 unspecified atom stereocenters. The highest BCUT2D eigenvalue weighted by molar-refractivity contribution is 7.90. The Morgan fingerprint density at radius 3 is 2.42 bits per heavy atom. The summed E-state index contributed by atoms with van der Waals surface area (Å²) < 4.78 is 26.6. The van der Waals surface area contributed by atoms with E-state index in [-0.39, 0.29) is 5.25 Å². The van der Waals surface area contributed by atoms with Crippen molar-refractivity contribution in [3.05, 3.63) is 0 Å². The van der Waals surface area contributed by atoms with Crippen LogP contribution in [0.5, 0.6) is 0 Å². The van der Waals surface area contributed by atoms with Gasteiger partial charge in [-0.15, -0.1) is 0 Å². The largest absolute Gasteiger partial charge is 0.315 e. The number of nitrogens with zero attached hydrogens (tertiary/aromatic N) is 1. The fraction of sp³-hybridized carbons (Fsp3) is 1.00. The lowest BCUT2D eigenvalue weighted by atomic mass is 10.2. The van der Waals surface area contributed by atoms with E-state index in [9.17, 15) is 8.42 Å². The molecule has 1 aliphatic rings. The molecule has 1 aliphatic heterocycles. The van der Waals surface area contributed by atoms with E-state index >= 15 is 0 Å². The molecular weight excluding hydrogens is 262 g/mol. The van der Waals surface area contributed by atoms with Gasteiger partial charge < -0.3 is 10.2 Å². The second-order valence-electron chi connectivity index (χ2n) is 5.64. The van der Waals surface area contributed by atoms with Crippen molar-refractivity contribution in [2.75, 3.05) is 32.7 Å². The van der Waals surface area contributed by atoms with E-state index in [2.05, 4.69) is 35.7 Å². The zero-order chi connectivity index (χ0) is 14.3. The van der Waals surface area contributed by atoms with Gasteiger partial charge in [0.25, 0.3) is 0 Å².